The number of hydrogen-bond acceptors (Lipinski definition) is 22. The van der Waals surface area contributed by atoms with Gasteiger partial charge in [0.1, 0.15) is 90.0 Å². The molecular weight excluding hydrogens is 760 g/mol. The Morgan fingerprint density at radius 1 is 0.571 bits per heavy atom. The van der Waals surface area contributed by atoms with Crippen molar-refractivity contribution in [2.24, 2.45) is 0 Å². The quantitative estimate of drug-likeness (QED) is 0.0911. The largest absolute Gasteiger partial charge is 0.462 e. The molecule has 3 saturated heterocycles. The van der Waals surface area contributed by atoms with Crippen LogP contribution in [0.5, 0.6) is 28.7 Å². The molecule has 308 valence electrons. The molecule has 3 fully saturated rings. The van der Waals surface area contributed by atoms with Gasteiger partial charge in [0.25, 0.3) is 0 Å². The fraction of sp³-hybridized carbons (Fsp3) is 0.559. The van der Waals surface area contributed by atoms with Gasteiger partial charge in [-0.15, -0.1) is 0 Å². The summed E-state index contributed by atoms with van der Waals surface area (Å²) in [4.78, 5) is 14.6. The van der Waals surface area contributed by atoms with Crippen LogP contribution in [0.25, 0.3) is 22.3 Å². The molecule has 7 rings (SSSR count). The van der Waals surface area contributed by atoms with Crippen LogP contribution in [0, 0.1) is 0 Å². The second-order valence-corrected chi connectivity index (χ2v) is 13.4. The molecule has 5 heterocycles. The molecule has 0 bridgehead atoms. The molecule has 56 heavy (non-hydrogen) atoms. The highest BCUT2D eigenvalue weighted by atomic mass is 16.7. The zero-order valence-electron chi connectivity index (χ0n) is 28.8. The lowest BCUT2D eigenvalue weighted by atomic mass is 9.99. The Hall–Kier alpha value is -3.95. The number of benzene rings is 2. The third-order valence-corrected chi connectivity index (χ3v) is 9.82. The van der Waals surface area contributed by atoms with E-state index in [2.05, 4.69) is 0 Å². The van der Waals surface area contributed by atoms with E-state index in [0.717, 1.165) is 0 Å². The van der Waals surface area contributed by atoms with Crippen LogP contribution in [-0.2, 0) is 14.2 Å². The van der Waals surface area contributed by atoms with Gasteiger partial charge < -0.3 is 104 Å². The van der Waals surface area contributed by atoms with Crippen molar-refractivity contribution in [1.29, 1.82) is 0 Å². The molecule has 0 amide bonds. The van der Waals surface area contributed by atoms with Crippen LogP contribution in [0.2, 0.25) is 0 Å². The van der Waals surface area contributed by atoms with Gasteiger partial charge in [0.2, 0.25) is 42.6 Å². The number of rotatable bonds is 10. The number of fused-ring (bicyclic) bond motifs is 2. The summed E-state index contributed by atoms with van der Waals surface area (Å²) in [6.07, 6.45) is -25.7. The van der Waals surface area contributed by atoms with Gasteiger partial charge in [0.05, 0.1) is 19.8 Å². The first kappa shape index (κ1) is 40.3. The normalized spacial score (nSPS) is 37.0. The lowest BCUT2D eigenvalue weighted by Gasteiger charge is -2.40. The number of aliphatic hydroxyl groups is 12. The lowest BCUT2D eigenvalue weighted by molar-refractivity contribution is -0.277. The van der Waals surface area contributed by atoms with E-state index in [9.17, 15) is 66.1 Å². The maximum Gasteiger partial charge on any atom is 0.239 e. The summed E-state index contributed by atoms with van der Waals surface area (Å²) in [5.74, 6) is -1.71. The molecule has 0 spiro atoms. The second kappa shape index (κ2) is 16.1. The minimum atomic E-state index is -1.99. The van der Waals surface area contributed by atoms with Crippen LogP contribution in [0.1, 0.15) is 0 Å². The Morgan fingerprint density at radius 3 is 1.52 bits per heavy atom. The molecule has 12 N–H and O–H groups in total. The molecule has 1 aromatic heterocycles. The van der Waals surface area contributed by atoms with Gasteiger partial charge in [-0.25, -0.2) is 0 Å². The molecule has 0 radical (unpaired) electrons. The molecule has 22 heteroatoms. The maximum atomic E-state index is 14.6. The predicted molar refractivity (Wildman–Crippen MR) is 177 cm³/mol. The van der Waals surface area contributed by atoms with Gasteiger partial charge in [-0.2, -0.15) is 0 Å². The second-order valence-electron chi connectivity index (χ2n) is 13.4. The summed E-state index contributed by atoms with van der Waals surface area (Å²) in [6.45, 7) is -2.70. The van der Waals surface area contributed by atoms with Crippen molar-refractivity contribution in [2.45, 2.75) is 92.1 Å². The summed E-state index contributed by atoms with van der Waals surface area (Å²) < 4.78 is 51.1. The first-order valence-electron chi connectivity index (χ1n) is 17.2. The highest BCUT2D eigenvalue weighted by molar-refractivity contribution is 5.92. The Labute approximate surface area is 313 Å². The van der Waals surface area contributed by atoms with Crippen molar-refractivity contribution in [3.63, 3.8) is 0 Å². The van der Waals surface area contributed by atoms with E-state index in [0.29, 0.717) is 0 Å². The zero-order chi connectivity index (χ0) is 40.2. The number of hydrogen-bond donors (Lipinski definition) is 12. The minimum Gasteiger partial charge on any atom is -0.462 e. The monoisotopic (exact) mass is 800 g/mol. The third kappa shape index (κ3) is 7.12. The van der Waals surface area contributed by atoms with Crippen LogP contribution in [0.3, 0.4) is 0 Å². The summed E-state index contributed by atoms with van der Waals surface area (Å²) in [5.41, 5.74) is -1.23. The van der Waals surface area contributed by atoms with E-state index >= 15 is 0 Å². The Bertz CT molecular complexity index is 1900. The molecule has 22 nitrogen and oxygen atoms in total. The standard InChI is InChI=1S/C34H40O22/c35-6-14-18(38)22(42)25(45)32(52-14)50-11-3-1-10(2-4-11)28-31(56-34-27(47)24(44)20(40)16(8-37)54-34)21(41)17-12(51-28)5-13-29(49-9-48-13)30(17)55-33-26(46)23(43)19(39)15(7-36)53-33/h1-5,14-16,18-20,22-27,32-40,42-47H,6-9H2/t14-,15-,16-,18-,19-,20-,22+,23+,24+,25-,26-,27-,32-,33+,34+/m1/s1. The van der Waals surface area contributed by atoms with Gasteiger partial charge >= 0.3 is 0 Å². The summed E-state index contributed by atoms with van der Waals surface area (Å²) in [7, 11) is 0. The molecule has 0 unspecified atom stereocenters. The van der Waals surface area contributed by atoms with Crippen molar-refractivity contribution in [2.75, 3.05) is 26.6 Å². The third-order valence-electron chi connectivity index (χ3n) is 9.82. The molecule has 15 atom stereocenters. The Balaban J connectivity index is 1.32. The first-order chi connectivity index (χ1) is 26.8. The summed E-state index contributed by atoms with van der Waals surface area (Å²) in [5, 5.41) is 122. The topological polar surface area (TPSA) is 347 Å². The smallest absolute Gasteiger partial charge is 0.239 e. The van der Waals surface area contributed by atoms with E-state index in [-0.39, 0.29) is 40.9 Å². The van der Waals surface area contributed by atoms with Crippen molar-refractivity contribution in [3.05, 3.63) is 40.6 Å². The Kier molecular flexibility index (Phi) is 11.6. The van der Waals surface area contributed by atoms with E-state index < -0.39 is 134 Å². The average Bonchev–Trinajstić information content (AvgIpc) is 3.68. The minimum absolute atomic E-state index is 0.0166. The molecule has 0 saturated carbocycles. The Morgan fingerprint density at radius 2 is 1.04 bits per heavy atom. The van der Waals surface area contributed by atoms with Crippen LogP contribution in [-0.4, -0.2) is 180 Å². The maximum absolute atomic E-state index is 14.6. The lowest BCUT2D eigenvalue weighted by Crippen LogP contribution is -2.60. The van der Waals surface area contributed by atoms with Crippen LogP contribution < -0.4 is 29.1 Å². The fourth-order valence-electron chi connectivity index (χ4n) is 6.61. The van der Waals surface area contributed by atoms with Crippen molar-refractivity contribution < 1.29 is 104 Å². The van der Waals surface area contributed by atoms with Crippen LogP contribution in [0.15, 0.2) is 39.5 Å². The highest BCUT2D eigenvalue weighted by Crippen LogP contribution is 2.48. The van der Waals surface area contributed by atoms with Crippen molar-refractivity contribution in [1.82, 2.24) is 0 Å². The number of ether oxygens (including phenoxy) is 8. The van der Waals surface area contributed by atoms with E-state index in [4.69, 9.17) is 42.3 Å². The number of aliphatic hydroxyl groups excluding tert-OH is 12. The van der Waals surface area contributed by atoms with Gasteiger partial charge in [0, 0.05) is 11.6 Å². The van der Waals surface area contributed by atoms with Gasteiger partial charge in [0.15, 0.2) is 17.3 Å². The van der Waals surface area contributed by atoms with E-state index in [1.165, 1.54) is 30.3 Å². The van der Waals surface area contributed by atoms with Gasteiger partial charge in [-0.3, -0.25) is 4.79 Å². The van der Waals surface area contributed by atoms with E-state index in [1.807, 2.05) is 0 Å². The molecule has 2 aromatic carbocycles. The summed E-state index contributed by atoms with van der Waals surface area (Å²) >= 11 is 0. The zero-order valence-corrected chi connectivity index (χ0v) is 28.8. The van der Waals surface area contributed by atoms with Crippen molar-refractivity contribution >= 4 is 11.0 Å². The SMILES string of the molecule is O=c1c(O[C@@H]2O[C@H](CO)[C@@H](O)[C@H](O)[C@H]2O)c(-c2ccc(O[C@@H]3O[C@H](CO)[C@@H](O)[C@H](O)[C@H]3O)cc2)oc2cc3c(c(O[C@@H]4O[C@H](CO)[C@@H](O)[C@H](O)[C@H]4O)c12)OCO3. The fourth-order valence-corrected chi connectivity index (χ4v) is 6.61. The molecule has 4 aliphatic rings. The van der Waals surface area contributed by atoms with E-state index in [1.54, 1.807) is 0 Å². The molecule has 3 aromatic rings. The average molecular weight is 801 g/mol. The van der Waals surface area contributed by atoms with Crippen LogP contribution >= 0.6 is 0 Å². The van der Waals surface area contributed by atoms with Gasteiger partial charge in [-0.05, 0) is 24.3 Å². The van der Waals surface area contributed by atoms with Gasteiger partial charge in [-0.1, -0.05) is 0 Å². The first-order valence-corrected chi connectivity index (χ1v) is 17.2. The molecular formula is C34H40O22. The summed E-state index contributed by atoms with van der Waals surface area (Å²) in [6, 6.07) is 6.61. The predicted octanol–water partition coefficient (Wildman–Crippen LogP) is -5.28. The highest BCUT2D eigenvalue weighted by Gasteiger charge is 2.48. The van der Waals surface area contributed by atoms with Crippen LogP contribution in [0.4, 0.5) is 0 Å². The molecule has 0 aliphatic carbocycles. The van der Waals surface area contributed by atoms with Crippen molar-refractivity contribution in [3.8, 4) is 40.1 Å². The molecule has 4 aliphatic heterocycles.